The first-order chi connectivity index (χ1) is 11.4. The molecule has 0 saturated carbocycles. The van der Waals surface area contributed by atoms with Crippen LogP contribution in [-0.4, -0.2) is 22.0 Å². The highest BCUT2D eigenvalue weighted by Crippen LogP contribution is 2.25. The number of hydrazine groups is 1. The molecule has 2 atom stereocenters. The second-order valence-corrected chi connectivity index (χ2v) is 6.81. The third-order valence-electron chi connectivity index (χ3n) is 3.80. The summed E-state index contributed by atoms with van der Waals surface area (Å²) in [4.78, 5) is 27.6. The lowest BCUT2D eigenvalue weighted by molar-refractivity contribution is -0.384. The molecule has 2 unspecified atom stereocenters. The van der Waals surface area contributed by atoms with Crippen LogP contribution in [0.4, 0.5) is 5.69 Å². The van der Waals surface area contributed by atoms with Gasteiger partial charge in [0.1, 0.15) is 4.88 Å². The molecule has 2 heterocycles. The Bertz CT molecular complexity index is 791. The molecule has 0 radical (unpaired) electrons. The minimum absolute atomic E-state index is 0.0533. The van der Waals surface area contributed by atoms with Gasteiger partial charge in [0.15, 0.2) is 0 Å². The zero-order valence-electron chi connectivity index (χ0n) is 13.2. The van der Waals surface area contributed by atoms with Crippen LogP contribution < -0.4 is 16.2 Å². The number of benzene rings is 1. The molecule has 1 fully saturated rings. The Labute approximate surface area is 142 Å². The molecule has 24 heavy (non-hydrogen) atoms. The van der Waals surface area contributed by atoms with Crippen molar-refractivity contribution in [2.24, 2.45) is 0 Å². The molecule has 9 heteroatoms. The number of hydrogen-bond donors (Lipinski definition) is 3. The van der Waals surface area contributed by atoms with E-state index in [1.165, 1.54) is 17.4 Å². The first-order valence-electron chi connectivity index (χ1n) is 7.44. The Hall–Kier alpha value is -2.36. The van der Waals surface area contributed by atoms with Crippen LogP contribution in [0.2, 0.25) is 0 Å². The average Bonchev–Trinajstić information content (AvgIpc) is 3.13. The van der Waals surface area contributed by atoms with Crippen molar-refractivity contribution in [3.05, 3.63) is 55.5 Å². The Morgan fingerprint density at radius 1 is 1.42 bits per heavy atom. The number of aryl methyl sites for hydroxylation is 2. The summed E-state index contributed by atoms with van der Waals surface area (Å²) in [5.74, 6) is -0.169. The number of aromatic nitrogens is 1. The summed E-state index contributed by atoms with van der Waals surface area (Å²) in [5.41, 5.74) is 7.66. The van der Waals surface area contributed by atoms with Gasteiger partial charge in [0.25, 0.3) is 11.6 Å². The van der Waals surface area contributed by atoms with Crippen LogP contribution in [0.15, 0.2) is 24.3 Å². The first kappa shape index (κ1) is 16.5. The second kappa shape index (κ2) is 6.63. The average molecular weight is 347 g/mol. The third-order valence-corrected chi connectivity index (χ3v) is 4.87. The maximum absolute atomic E-state index is 12.3. The topological polar surface area (TPSA) is 109 Å². The van der Waals surface area contributed by atoms with Crippen LogP contribution in [0.3, 0.4) is 0 Å². The molecular weight excluding hydrogens is 330 g/mol. The van der Waals surface area contributed by atoms with Gasteiger partial charge in [-0.25, -0.2) is 15.8 Å². The minimum Gasteiger partial charge on any atom is -0.335 e. The van der Waals surface area contributed by atoms with Crippen LogP contribution in [0.5, 0.6) is 0 Å². The predicted octanol–water partition coefficient (Wildman–Crippen LogP) is 1.96. The lowest BCUT2D eigenvalue weighted by atomic mass is 10.0. The van der Waals surface area contributed by atoms with Crippen molar-refractivity contribution in [1.29, 1.82) is 0 Å². The highest BCUT2D eigenvalue weighted by atomic mass is 32.1. The summed E-state index contributed by atoms with van der Waals surface area (Å²) in [5, 5.41) is 14.6. The Morgan fingerprint density at radius 2 is 2.21 bits per heavy atom. The number of thiazole rings is 1. The summed E-state index contributed by atoms with van der Waals surface area (Å²) in [6, 6.07) is 6.37. The number of nitrogens with zero attached hydrogens (tertiary/aromatic N) is 2. The molecule has 1 aromatic carbocycles. The molecule has 1 saturated heterocycles. The van der Waals surface area contributed by atoms with Gasteiger partial charge in [0.2, 0.25) is 0 Å². The summed E-state index contributed by atoms with van der Waals surface area (Å²) in [7, 11) is 0. The normalized spacial score (nSPS) is 20.1. The summed E-state index contributed by atoms with van der Waals surface area (Å²) in [6.07, 6.45) is 0.326. The van der Waals surface area contributed by atoms with E-state index in [9.17, 15) is 14.9 Å². The van der Waals surface area contributed by atoms with Gasteiger partial charge >= 0.3 is 0 Å². The molecule has 3 N–H and O–H groups in total. The van der Waals surface area contributed by atoms with E-state index in [1.807, 2.05) is 19.9 Å². The Morgan fingerprint density at radius 3 is 2.88 bits per heavy atom. The molecule has 1 aliphatic heterocycles. The smallest absolute Gasteiger partial charge is 0.269 e. The van der Waals surface area contributed by atoms with Gasteiger partial charge in [0.05, 0.1) is 21.8 Å². The third kappa shape index (κ3) is 3.42. The fourth-order valence-corrected chi connectivity index (χ4v) is 3.51. The van der Waals surface area contributed by atoms with Crippen molar-refractivity contribution < 1.29 is 9.72 Å². The largest absolute Gasteiger partial charge is 0.335 e. The highest BCUT2D eigenvalue weighted by Gasteiger charge is 2.28. The highest BCUT2D eigenvalue weighted by molar-refractivity contribution is 7.13. The second-order valence-electron chi connectivity index (χ2n) is 5.60. The van der Waals surface area contributed by atoms with Crippen LogP contribution >= 0.6 is 11.3 Å². The van der Waals surface area contributed by atoms with Crippen LogP contribution in [0.1, 0.15) is 38.4 Å². The van der Waals surface area contributed by atoms with E-state index in [1.54, 1.807) is 12.1 Å². The molecule has 1 aliphatic rings. The first-order valence-corrected chi connectivity index (χ1v) is 8.26. The van der Waals surface area contributed by atoms with Gasteiger partial charge < -0.3 is 5.32 Å². The quantitative estimate of drug-likeness (QED) is 0.576. The number of non-ortho nitro benzene ring substituents is 1. The molecule has 0 spiro atoms. The van der Waals surface area contributed by atoms with E-state index in [0.717, 1.165) is 16.3 Å². The molecule has 2 aromatic rings. The fraction of sp³-hybridized carbons (Fsp3) is 0.333. The van der Waals surface area contributed by atoms with Crippen LogP contribution in [0, 0.1) is 24.0 Å². The molecule has 1 aromatic heterocycles. The molecule has 126 valence electrons. The molecule has 1 amide bonds. The van der Waals surface area contributed by atoms with E-state index in [-0.39, 0.29) is 23.8 Å². The van der Waals surface area contributed by atoms with Gasteiger partial charge in [-0.2, -0.15) is 0 Å². The van der Waals surface area contributed by atoms with Gasteiger partial charge in [-0.15, -0.1) is 11.3 Å². The maximum Gasteiger partial charge on any atom is 0.269 e. The molecule has 8 nitrogen and oxygen atoms in total. The lowest BCUT2D eigenvalue weighted by Crippen LogP contribution is -2.44. The monoisotopic (exact) mass is 347 g/mol. The molecule has 3 rings (SSSR count). The number of carbonyl (C=O) groups excluding carboxylic acids is 1. The zero-order chi connectivity index (χ0) is 17.3. The number of carbonyl (C=O) groups is 1. The number of nitro groups is 1. The fourth-order valence-electron chi connectivity index (χ4n) is 2.69. The molecular formula is C15H17N5O3S. The number of rotatable bonds is 4. The standard InChI is InChI=1S/C15H17N5O3S/c1-8-14(24-9(2)16-8)15(21)17-13-7-12(18-19-13)10-4-3-5-11(6-10)20(22)23/h3-6,12-13,18-19H,7H2,1-2H3,(H,17,21). The molecule has 0 bridgehead atoms. The van der Waals surface area contributed by atoms with Crippen molar-refractivity contribution >= 4 is 22.9 Å². The van der Waals surface area contributed by atoms with E-state index in [4.69, 9.17) is 0 Å². The maximum atomic E-state index is 12.3. The Balaban J connectivity index is 1.65. The van der Waals surface area contributed by atoms with Gasteiger partial charge in [-0.3, -0.25) is 14.9 Å². The molecule has 0 aliphatic carbocycles. The van der Waals surface area contributed by atoms with Gasteiger partial charge in [0, 0.05) is 24.6 Å². The van der Waals surface area contributed by atoms with Gasteiger partial charge in [-0.05, 0) is 19.4 Å². The SMILES string of the molecule is Cc1nc(C)c(C(=O)NC2CC(c3cccc([N+](=O)[O-])c3)NN2)s1. The minimum atomic E-state index is -0.417. The van der Waals surface area contributed by atoms with Crippen molar-refractivity contribution in [3.8, 4) is 0 Å². The Kier molecular flexibility index (Phi) is 4.56. The number of hydrogen-bond acceptors (Lipinski definition) is 7. The van der Waals surface area contributed by atoms with Crippen molar-refractivity contribution in [2.45, 2.75) is 32.5 Å². The number of nitro benzene ring substituents is 1. The predicted molar refractivity (Wildman–Crippen MR) is 89.6 cm³/mol. The van der Waals surface area contributed by atoms with E-state index >= 15 is 0 Å². The van der Waals surface area contributed by atoms with Crippen LogP contribution in [0.25, 0.3) is 0 Å². The number of amides is 1. The summed E-state index contributed by atoms with van der Waals surface area (Å²) in [6.45, 7) is 3.67. The van der Waals surface area contributed by atoms with E-state index in [0.29, 0.717) is 11.3 Å². The van der Waals surface area contributed by atoms with Crippen molar-refractivity contribution in [1.82, 2.24) is 21.2 Å². The number of nitrogens with one attached hydrogen (secondary N) is 3. The van der Waals surface area contributed by atoms with Crippen LogP contribution in [-0.2, 0) is 0 Å². The van der Waals surface area contributed by atoms with E-state index < -0.39 is 4.92 Å². The van der Waals surface area contributed by atoms with E-state index in [2.05, 4.69) is 21.2 Å². The van der Waals surface area contributed by atoms with Gasteiger partial charge in [-0.1, -0.05) is 12.1 Å². The van der Waals surface area contributed by atoms with Crippen molar-refractivity contribution in [2.75, 3.05) is 0 Å². The lowest BCUT2D eigenvalue weighted by Gasteiger charge is -2.11. The summed E-state index contributed by atoms with van der Waals surface area (Å²) < 4.78 is 0. The van der Waals surface area contributed by atoms with Crippen molar-refractivity contribution in [3.63, 3.8) is 0 Å². The summed E-state index contributed by atoms with van der Waals surface area (Å²) >= 11 is 1.36. The zero-order valence-corrected chi connectivity index (χ0v) is 14.0.